The predicted molar refractivity (Wildman–Crippen MR) is 94.4 cm³/mol. The summed E-state index contributed by atoms with van der Waals surface area (Å²) in [6.07, 6.45) is 1.75. The predicted octanol–water partition coefficient (Wildman–Crippen LogP) is 1.91. The summed E-state index contributed by atoms with van der Waals surface area (Å²) < 4.78 is 11.5. The van der Waals surface area contributed by atoms with Gasteiger partial charge in [-0.25, -0.2) is 4.98 Å². The zero-order chi connectivity index (χ0) is 17.6. The first-order valence-corrected chi connectivity index (χ1v) is 9.44. The van der Waals surface area contributed by atoms with Gasteiger partial charge in [0.15, 0.2) is 0 Å². The summed E-state index contributed by atoms with van der Waals surface area (Å²) in [7, 11) is 0. The van der Waals surface area contributed by atoms with E-state index in [2.05, 4.69) is 20.5 Å². The van der Waals surface area contributed by atoms with E-state index in [1.54, 1.807) is 16.8 Å². The van der Waals surface area contributed by atoms with Crippen molar-refractivity contribution in [3.05, 3.63) is 33.5 Å². The number of hydrogen-bond donors (Lipinski definition) is 2. The summed E-state index contributed by atoms with van der Waals surface area (Å²) in [6, 6.07) is -0.123. The second-order valence-corrected chi connectivity index (χ2v) is 7.01. The van der Waals surface area contributed by atoms with Gasteiger partial charge in [0, 0.05) is 30.5 Å². The molecular weight excluding hydrogens is 340 g/mol. The van der Waals surface area contributed by atoms with E-state index >= 15 is 0 Å². The third-order valence-electron chi connectivity index (χ3n) is 4.51. The second-order valence-electron chi connectivity index (χ2n) is 6.29. The number of aromatic nitrogens is 3. The van der Waals surface area contributed by atoms with Crippen LogP contribution in [-0.2, 0) is 27.3 Å². The molecule has 1 fully saturated rings. The van der Waals surface area contributed by atoms with Gasteiger partial charge in [-0.15, -0.1) is 11.3 Å². The molecule has 136 valence electrons. The molecule has 0 unspecified atom stereocenters. The van der Waals surface area contributed by atoms with E-state index in [0.29, 0.717) is 32.7 Å². The van der Waals surface area contributed by atoms with Gasteiger partial charge in [-0.3, -0.25) is 9.89 Å². The van der Waals surface area contributed by atoms with Gasteiger partial charge in [0.2, 0.25) is 5.91 Å². The Hall–Kier alpha value is -1.77. The van der Waals surface area contributed by atoms with Crippen molar-refractivity contribution in [2.45, 2.75) is 51.9 Å². The maximum absolute atomic E-state index is 12.3. The summed E-state index contributed by atoms with van der Waals surface area (Å²) in [5.41, 5.74) is 5.83. The number of hydrogen-bond acceptors (Lipinski definition) is 6. The minimum Gasteiger partial charge on any atom is -0.379 e. The average Bonchev–Trinajstić information content (AvgIpc) is 3.24. The number of aromatic amines is 1. The zero-order valence-electron chi connectivity index (χ0n) is 14.6. The van der Waals surface area contributed by atoms with Gasteiger partial charge < -0.3 is 14.8 Å². The SMILES string of the molecule is Cc1[nH]nc(CCC(=O)N[C@@H]2COCC[C@@H]2OCc2cscn2)c1C. The summed E-state index contributed by atoms with van der Waals surface area (Å²) >= 11 is 1.55. The first-order chi connectivity index (χ1) is 12.1. The number of H-pyrrole nitrogens is 1. The minimum absolute atomic E-state index is 0.00203. The number of carbonyl (C=O) groups is 1. The quantitative estimate of drug-likeness (QED) is 0.783. The Balaban J connectivity index is 1.48. The molecule has 2 aromatic heterocycles. The molecule has 25 heavy (non-hydrogen) atoms. The Morgan fingerprint density at radius 3 is 3.12 bits per heavy atom. The number of thiazole rings is 1. The van der Waals surface area contributed by atoms with Crippen LogP contribution in [0.5, 0.6) is 0 Å². The first-order valence-electron chi connectivity index (χ1n) is 8.49. The van der Waals surface area contributed by atoms with Crippen LogP contribution in [0.4, 0.5) is 0 Å². The molecule has 0 bridgehead atoms. The molecule has 3 heterocycles. The number of rotatable bonds is 7. The van der Waals surface area contributed by atoms with Crippen LogP contribution in [0.2, 0.25) is 0 Å². The topological polar surface area (TPSA) is 89.1 Å². The maximum atomic E-state index is 12.3. The van der Waals surface area contributed by atoms with Gasteiger partial charge in [0.25, 0.3) is 0 Å². The molecule has 2 N–H and O–H groups in total. The molecule has 0 aromatic carbocycles. The van der Waals surface area contributed by atoms with Crippen molar-refractivity contribution in [2.75, 3.05) is 13.2 Å². The van der Waals surface area contributed by atoms with Crippen molar-refractivity contribution >= 4 is 17.2 Å². The number of nitrogens with zero attached hydrogens (tertiary/aromatic N) is 2. The molecule has 1 aliphatic heterocycles. The fourth-order valence-electron chi connectivity index (χ4n) is 2.84. The van der Waals surface area contributed by atoms with Crippen LogP contribution in [0.15, 0.2) is 10.9 Å². The number of carbonyl (C=O) groups excluding carboxylic acids is 1. The van der Waals surface area contributed by atoms with Gasteiger partial charge in [0.05, 0.1) is 42.3 Å². The Bertz CT molecular complexity index is 686. The van der Waals surface area contributed by atoms with Crippen molar-refractivity contribution < 1.29 is 14.3 Å². The Morgan fingerprint density at radius 1 is 1.52 bits per heavy atom. The van der Waals surface area contributed by atoms with Gasteiger partial charge in [0.1, 0.15) is 0 Å². The summed E-state index contributed by atoms with van der Waals surface area (Å²) in [6.45, 7) is 5.60. The van der Waals surface area contributed by atoms with E-state index in [1.165, 1.54) is 0 Å². The van der Waals surface area contributed by atoms with E-state index < -0.39 is 0 Å². The van der Waals surface area contributed by atoms with Crippen LogP contribution in [0, 0.1) is 13.8 Å². The highest BCUT2D eigenvalue weighted by Gasteiger charge is 2.28. The standard InChI is InChI=1S/C17H24N4O3S/c1-11-12(2)20-21-14(11)3-4-17(22)19-15-8-23-6-5-16(15)24-7-13-9-25-10-18-13/h9-10,15-16H,3-8H2,1-2H3,(H,19,22)(H,20,21)/t15-,16+/m1/s1. The van der Waals surface area contributed by atoms with E-state index in [0.717, 1.165) is 29.1 Å². The molecule has 2 aromatic rings. The van der Waals surface area contributed by atoms with Crippen LogP contribution in [0.25, 0.3) is 0 Å². The normalized spacial score (nSPS) is 20.6. The Labute approximate surface area is 151 Å². The lowest BCUT2D eigenvalue weighted by Crippen LogP contribution is -2.50. The lowest BCUT2D eigenvalue weighted by molar-refractivity contribution is -0.126. The number of nitrogens with one attached hydrogen (secondary N) is 2. The lowest BCUT2D eigenvalue weighted by atomic mass is 10.1. The third-order valence-corrected chi connectivity index (χ3v) is 5.15. The third kappa shape index (κ3) is 4.87. The summed E-state index contributed by atoms with van der Waals surface area (Å²) in [4.78, 5) is 16.5. The van der Waals surface area contributed by atoms with Crippen LogP contribution in [0.1, 0.15) is 35.5 Å². The molecule has 1 saturated heterocycles. The summed E-state index contributed by atoms with van der Waals surface area (Å²) in [5.74, 6) is -0.00203. The molecule has 2 atom stereocenters. The molecule has 8 heteroatoms. The fraction of sp³-hybridized carbons (Fsp3) is 0.588. The molecule has 0 radical (unpaired) electrons. The van der Waals surface area contributed by atoms with Crippen LogP contribution >= 0.6 is 11.3 Å². The van der Waals surface area contributed by atoms with Crippen molar-refractivity contribution in [3.8, 4) is 0 Å². The number of ether oxygens (including phenoxy) is 2. The monoisotopic (exact) mass is 364 g/mol. The van der Waals surface area contributed by atoms with Crippen molar-refractivity contribution in [1.29, 1.82) is 0 Å². The Kier molecular flexibility index (Phi) is 6.17. The van der Waals surface area contributed by atoms with Crippen LogP contribution in [-0.4, -0.2) is 46.4 Å². The molecule has 1 aliphatic rings. The molecule has 1 amide bonds. The van der Waals surface area contributed by atoms with E-state index in [4.69, 9.17) is 9.47 Å². The second kappa shape index (κ2) is 8.55. The van der Waals surface area contributed by atoms with E-state index in [1.807, 2.05) is 19.2 Å². The van der Waals surface area contributed by atoms with Crippen molar-refractivity contribution in [2.24, 2.45) is 0 Å². The molecule has 0 aliphatic carbocycles. The van der Waals surface area contributed by atoms with Crippen LogP contribution in [0.3, 0.4) is 0 Å². The molecule has 0 spiro atoms. The van der Waals surface area contributed by atoms with Crippen molar-refractivity contribution in [3.63, 3.8) is 0 Å². The molecular formula is C17H24N4O3S. The van der Waals surface area contributed by atoms with E-state index in [9.17, 15) is 4.79 Å². The molecule has 0 saturated carbocycles. The lowest BCUT2D eigenvalue weighted by Gasteiger charge is -2.32. The highest BCUT2D eigenvalue weighted by Crippen LogP contribution is 2.15. The molecule has 7 nitrogen and oxygen atoms in total. The van der Waals surface area contributed by atoms with Gasteiger partial charge in [-0.2, -0.15) is 5.10 Å². The first kappa shape index (κ1) is 18.0. The number of amides is 1. The summed E-state index contributed by atoms with van der Waals surface area (Å²) in [5, 5.41) is 12.2. The Morgan fingerprint density at radius 2 is 2.40 bits per heavy atom. The van der Waals surface area contributed by atoms with Gasteiger partial charge in [-0.1, -0.05) is 0 Å². The van der Waals surface area contributed by atoms with Gasteiger partial charge in [-0.05, 0) is 25.8 Å². The van der Waals surface area contributed by atoms with E-state index in [-0.39, 0.29) is 18.1 Å². The zero-order valence-corrected chi connectivity index (χ0v) is 15.4. The molecule has 3 rings (SSSR count). The van der Waals surface area contributed by atoms with Crippen LogP contribution < -0.4 is 5.32 Å². The highest BCUT2D eigenvalue weighted by atomic mass is 32.1. The maximum Gasteiger partial charge on any atom is 0.220 e. The fourth-order valence-corrected chi connectivity index (χ4v) is 3.39. The van der Waals surface area contributed by atoms with Crippen molar-refractivity contribution in [1.82, 2.24) is 20.5 Å². The number of aryl methyl sites for hydroxylation is 2. The largest absolute Gasteiger partial charge is 0.379 e. The average molecular weight is 364 g/mol. The van der Waals surface area contributed by atoms with Gasteiger partial charge >= 0.3 is 0 Å². The smallest absolute Gasteiger partial charge is 0.220 e. The minimum atomic E-state index is -0.123. The highest BCUT2D eigenvalue weighted by molar-refractivity contribution is 7.07.